The van der Waals surface area contributed by atoms with Crippen molar-refractivity contribution in [1.82, 2.24) is 20.0 Å². The van der Waals surface area contributed by atoms with Gasteiger partial charge in [-0.1, -0.05) is 65.7 Å². The average molecular weight is 690 g/mol. The lowest BCUT2D eigenvalue weighted by Crippen LogP contribution is -2.23. The Bertz CT molecular complexity index is 1950. The van der Waals surface area contributed by atoms with Gasteiger partial charge in [0.15, 0.2) is 0 Å². The van der Waals surface area contributed by atoms with Gasteiger partial charge < -0.3 is 25.0 Å². The molecule has 6 rings (SSSR count). The number of hydrogen-bond acceptors (Lipinski definition) is 7. The lowest BCUT2D eigenvalue weighted by atomic mass is 9.96. The van der Waals surface area contributed by atoms with Crippen LogP contribution in [-0.4, -0.2) is 71.3 Å². The number of nitrogens with one attached hydrogen (secondary N) is 1. The van der Waals surface area contributed by atoms with Gasteiger partial charge in [0.25, 0.3) is 0 Å². The van der Waals surface area contributed by atoms with E-state index in [0.29, 0.717) is 54.9 Å². The summed E-state index contributed by atoms with van der Waals surface area (Å²) in [6.07, 6.45) is 2.50. The van der Waals surface area contributed by atoms with Crippen molar-refractivity contribution in [3.8, 4) is 33.8 Å². The van der Waals surface area contributed by atoms with Gasteiger partial charge in [-0.2, -0.15) is 5.10 Å². The summed E-state index contributed by atoms with van der Waals surface area (Å²) in [6, 6.07) is 22.0. The van der Waals surface area contributed by atoms with Gasteiger partial charge in [-0.3, -0.25) is 14.4 Å². The number of benzene rings is 4. The molecule has 1 aliphatic rings. The van der Waals surface area contributed by atoms with E-state index in [2.05, 4.69) is 10.2 Å². The van der Waals surface area contributed by atoms with Gasteiger partial charge in [-0.15, -0.1) is 0 Å². The van der Waals surface area contributed by atoms with Crippen molar-refractivity contribution in [1.29, 1.82) is 0 Å². The SMILES string of the molecule is COc1cc(-c2cccc(-c3cccc4c3cnn4Cc3cc(OC)c(CN4CC[C@@H](C(=O)O)C4)cc3Cl)c2Cl)ccc1CNCCO. The summed E-state index contributed by atoms with van der Waals surface area (Å²) in [4.78, 5) is 13.5. The molecular formula is C37H38Cl2N4O5. The van der Waals surface area contributed by atoms with Crippen molar-refractivity contribution in [2.45, 2.75) is 26.1 Å². The number of ether oxygens (including phenoxy) is 2. The molecule has 2 heterocycles. The minimum absolute atomic E-state index is 0.0715. The first-order valence-corrected chi connectivity index (χ1v) is 16.6. The zero-order valence-corrected chi connectivity index (χ0v) is 28.4. The van der Waals surface area contributed by atoms with Crippen molar-refractivity contribution < 1.29 is 24.5 Å². The number of carboxylic acid groups (broad SMARTS) is 1. The Morgan fingerprint density at radius 2 is 1.69 bits per heavy atom. The van der Waals surface area contributed by atoms with Gasteiger partial charge in [0.2, 0.25) is 0 Å². The number of aliphatic hydroxyl groups is 1. The van der Waals surface area contributed by atoms with Gasteiger partial charge in [0.1, 0.15) is 11.5 Å². The predicted molar refractivity (Wildman–Crippen MR) is 189 cm³/mol. The third kappa shape index (κ3) is 7.02. The maximum Gasteiger partial charge on any atom is 0.307 e. The number of nitrogens with zero attached hydrogens (tertiary/aromatic N) is 3. The number of hydrogen-bond donors (Lipinski definition) is 3. The Kier molecular flexibility index (Phi) is 10.5. The average Bonchev–Trinajstić information content (AvgIpc) is 3.74. The van der Waals surface area contributed by atoms with E-state index in [1.54, 1.807) is 14.2 Å². The fourth-order valence-electron chi connectivity index (χ4n) is 6.44. The van der Waals surface area contributed by atoms with E-state index in [1.807, 2.05) is 77.6 Å². The van der Waals surface area contributed by atoms with Gasteiger partial charge >= 0.3 is 5.97 Å². The van der Waals surface area contributed by atoms with Crippen LogP contribution in [0.5, 0.6) is 11.5 Å². The first-order chi connectivity index (χ1) is 23.3. The molecule has 0 spiro atoms. The predicted octanol–water partition coefficient (Wildman–Crippen LogP) is 6.73. The third-order valence-corrected chi connectivity index (χ3v) is 9.72. The molecular weight excluding hydrogens is 651 g/mol. The number of aliphatic hydroxyl groups excluding tert-OH is 1. The second-order valence-corrected chi connectivity index (χ2v) is 12.7. The summed E-state index contributed by atoms with van der Waals surface area (Å²) in [6.45, 7) is 3.39. The van der Waals surface area contributed by atoms with E-state index in [4.69, 9.17) is 42.9 Å². The summed E-state index contributed by atoms with van der Waals surface area (Å²) in [5, 5.41) is 28.6. The zero-order valence-electron chi connectivity index (χ0n) is 26.9. The van der Waals surface area contributed by atoms with Crippen molar-refractivity contribution in [2.75, 3.05) is 40.5 Å². The van der Waals surface area contributed by atoms with Crippen molar-refractivity contribution >= 4 is 40.1 Å². The maximum absolute atomic E-state index is 11.4. The molecule has 3 N–H and O–H groups in total. The summed E-state index contributed by atoms with van der Waals surface area (Å²) >= 11 is 14.0. The summed E-state index contributed by atoms with van der Waals surface area (Å²) in [7, 11) is 3.28. The molecule has 1 atom stereocenters. The number of likely N-dealkylation sites (tertiary alicyclic amines) is 1. The Hall–Kier alpha value is -4.12. The van der Waals surface area contributed by atoms with E-state index < -0.39 is 5.97 Å². The smallest absolute Gasteiger partial charge is 0.307 e. The lowest BCUT2D eigenvalue weighted by molar-refractivity contribution is -0.141. The van der Waals surface area contributed by atoms with Crippen LogP contribution < -0.4 is 14.8 Å². The number of fused-ring (bicyclic) bond motifs is 1. The fourth-order valence-corrected chi connectivity index (χ4v) is 7.02. The molecule has 1 fully saturated rings. The van der Waals surface area contributed by atoms with Gasteiger partial charge in [-0.05, 0) is 53.9 Å². The molecule has 1 saturated heterocycles. The number of aliphatic carboxylic acids is 1. The molecule has 250 valence electrons. The minimum Gasteiger partial charge on any atom is -0.496 e. The van der Waals surface area contributed by atoms with Crippen LogP contribution in [0.2, 0.25) is 10.0 Å². The topological polar surface area (TPSA) is 109 Å². The van der Waals surface area contributed by atoms with Crippen LogP contribution in [0.4, 0.5) is 0 Å². The molecule has 0 unspecified atom stereocenters. The molecule has 0 bridgehead atoms. The molecule has 4 aromatic carbocycles. The van der Waals surface area contributed by atoms with Crippen molar-refractivity contribution in [3.05, 3.63) is 99.7 Å². The summed E-state index contributed by atoms with van der Waals surface area (Å²) in [5.74, 6) is 0.355. The quantitative estimate of drug-likeness (QED) is 0.117. The maximum atomic E-state index is 11.4. The van der Waals surface area contributed by atoms with E-state index in [0.717, 1.165) is 62.1 Å². The Morgan fingerprint density at radius 1 is 0.938 bits per heavy atom. The molecule has 5 aromatic rings. The van der Waals surface area contributed by atoms with Crippen LogP contribution >= 0.6 is 23.2 Å². The third-order valence-electron chi connectivity index (χ3n) is 8.96. The van der Waals surface area contributed by atoms with E-state index in [1.165, 1.54) is 0 Å². The van der Waals surface area contributed by atoms with E-state index in [9.17, 15) is 9.90 Å². The van der Waals surface area contributed by atoms with Gasteiger partial charge in [0, 0.05) is 58.8 Å². The van der Waals surface area contributed by atoms with Gasteiger partial charge in [0.05, 0.1) is 50.0 Å². The number of rotatable bonds is 13. The standard InChI is InChI=1S/C37H38Cl2N4O5/c1-47-34-16-23(9-10-24(34)18-40-12-14-44)28-5-3-7-30(36(28)39)29-6-4-8-33-31(29)19-41-43(33)22-26-17-35(48-2)27(15-32(26)38)21-42-13-11-25(20-42)37(45)46/h3-10,15-17,19,25,40,44H,11-14,18,20-22H2,1-2H3,(H,45,46)/t25-/m1/s1. The molecule has 0 amide bonds. The van der Waals surface area contributed by atoms with E-state index in [-0.39, 0.29) is 12.5 Å². The zero-order chi connectivity index (χ0) is 33.8. The highest BCUT2D eigenvalue weighted by molar-refractivity contribution is 6.36. The van der Waals surface area contributed by atoms with Crippen LogP contribution in [0.25, 0.3) is 33.2 Å². The molecule has 1 aromatic heterocycles. The monoisotopic (exact) mass is 688 g/mol. The molecule has 0 saturated carbocycles. The minimum atomic E-state index is -0.752. The molecule has 0 aliphatic carbocycles. The highest BCUT2D eigenvalue weighted by Crippen LogP contribution is 2.40. The Balaban J connectivity index is 1.27. The normalized spacial score (nSPS) is 14.9. The number of carboxylic acids is 1. The largest absolute Gasteiger partial charge is 0.496 e. The Labute approximate surface area is 289 Å². The van der Waals surface area contributed by atoms with Crippen LogP contribution in [0, 0.1) is 5.92 Å². The number of carbonyl (C=O) groups is 1. The van der Waals surface area contributed by atoms with Crippen LogP contribution in [-0.2, 0) is 24.4 Å². The highest BCUT2D eigenvalue weighted by atomic mass is 35.5. The van der Waals surface area contributed by atoms with Crippen LogP contribution in [0.1, 0.15) is 23.1 Å². The molecule has 0 radical (unpaired) electrons. The second kappa shape index (κ2) is 15.0. The molecule has 11 heteroatoms. The molecule has 1 aliphatic heterocycles. The highest BCUT2D eigenvalue weighted by Gasteiger charge is 2.28. The van der Waals surface area contributed by atoms with Crippen molar-refractivity contribution in [2.24, 2.45) is 5.92 Å². The number of halogens is 2. The fraction of sp³-hybridized carbons (Fsp3) is 0.297. The molecule has 48 heavy (non-hydrogen) atoms. The van der Waals surface area contributed by atoms with Crippen molar-refractivity contribution in [3.63, 3.8) is 0 Å². The first-order valence-electron chi connectivity index (χ1n) is 15.8. The number of aromatic nitrogens is 2. The Morgan fingerprint density at radius 3 is 2.44 bits per heavy atom. The lowest BCUT2D eigenvalue weighted by Gasteiger charge is -2.19. The summed E-state index contributed by atoms with van der Waals surface area (Å²) in [5.41, 5.74) is 7.39. The van der Waals surface area contributed by atoms with Gasteiger partial charge in [-0.25, -0.2) is 0 Å². The van der Waals surface area contributed by atoms with Crippen LogP contribution in [0.3, 0.4) is 0 Å². The number of methoxy groups -OCH3 is 2. The van der Waals surface area contributed by atoms with Crippen LogP contribution in [0.15, 0.2) is 72.9 Å². The molecule has 9 nitrogen and oxygen atoms in total. The van der Waals surface area contributed by atoms with E-state index >= 15 is 0 Å². The first kappa shape index (κ1) is 33.8. The second-order valence-electron chi connectivity index (χ2n) is 11.9. The summed E-state index contributed by atoms with van der Waals surface area (Å²) < 4.78 is 13.3.